The molecule has 5 heteroatoms. The van der Waals surface area contributed by atoms with Gasteiger partial charge in [0.2, 0.25) is 0 Å². The van der Waals surface area contributed by atoms with Crippen LogP contribution in [0.4, 0.5) is 0 Å². The Hall–Kier alpha value is -1.49. The summed E-state index contributed by atoms with van der Waals surface area (Å²) in [6, 6.07) is 0. The number of Topliss-reactive ketones (excluding diaryl/α,β-unsaturated/α-hetero) is 1. The maximum atomic E-state index is 11.4. The number of aromatic nitrogens is 3. The van der Waals surface area contributed by atoms with Crippen LogP contribution < -0.4 is 0 Å². The molecule has 0 aromatic carbocycles. The summed E-state index contributed by atoms with van der Waals surface area (Å²) in [5.74, 6) is 0.0730. The van der Waals surface area contributed by atoms with Gasteiger partial charge in [0.15, 0.2) is 5.78 Å². The molecule has 0 saturated carbocycles. The third-order valence-corrected chi connectivity index (χ3v) is 3.67. The van der Waals surface area contributed by atoms with Crippen LogP contribution in [0.2, 0.25) is 0 Å². The summed E-state index contributed by atoms with van der Waals surface area (Å²) in [4.78, 5) is 20.6. The number of nitrogens with zero attached hydrogens (tertiary/aromatic N) is 3. The first-order chi connectivity index (χ1) is 7.63. The lowest BCUT2D eigenvalue weighted by Crippen LogP contribution is -1.94. The fourth-order valence-corrected chi connectivity index (χ4v) is 2.57. The summed E-state index contributed by atoms with van der Waals surface area (Å²) >= 11 is 1.43. The fraction of sp³-hybridized carbons (Fsp3) is 0.364. The van der Waals surface area contributed by atoms with Crippen molar-refractivity contribution in [2.24, 2.45) is 0 Å². The Labute approximate surface area is 98.0 Å². The Balaban J connectivity index is 2.49. The van der Waals surface area contributed by atoms with Gasteiger partial charge in [-0.1, -0.05) is 0 Å². The van der Waals surface area contributed by atoms with Gasteiger partial charge in [-0.25, -0.2) is 9.97 Å². The quantitative estimate of drug-likeness (QED) is 0.768. The van der Waals surface area contributed by atoms with Gasteiger partial charge in [-0.15, -0.1) is 11.3 Å². The lowest BCUT2D eigenvalue weighted by Gasteiger charge is -2.00. The van der Waals surface area contributed by atoms with Crippen LogP contribution in [-0.4, -0.2) is 20.3 Å². The summed E-state index contributed by atoms with van der Waals surface area (Å²) in [5, 5.41) is 0.863. The van der Waals surface area contributed by atoms with Crippen LogP contribution in [0.5, 0.6) is 0 Å². The number of imidazole rings is 1. The number of thiazole rings is 1. The average molecular weight is 235 g/mol. The molecule has 2 aromatic rings. The number of carbonyl (C=O) groups is 1. The third-order valence-electron chi connectivity index (χ3n) is 2.39. The normalized spacial score (nSPS) is 10.7. The van der Waals surface area contributed by atoms with Crippen molar-refractivity contribution in [3.05, 3.63) is 23.1 Å². The number of rotatable bonds is 3. The molecule has 0 atom stereocenters. The van der Waals surface area contributed by atoms with E-state index in [2.05, 4.69) is 16.9 Å². The Bertz CT molecular complexity index is 527. The monoisotopic (exact) mass is 235 g/mol. The number of hydrogen-bond donors (Lipinski definition) is 0. The number of ketones is 1. The minimum atomic E-state index is 0.0730. The molecule has 0 radical (unpaired) electrons. The first kappa shape index (κ1) is 11.0. The molecule has 0 saturated heterocycles. The first-order valence-corrected chi connectivity index (χ1v) is 5.94. The van der Waals surface area contributed by atoms with Crippen LogP contribution in [0.25, 0.3) is 10.7 Å². The first-order valence-electron chi connectivity index (χ1n) is 5.12. The van der Waals surface area contributed by atoms with Crippen molar-refractivity contribution in [2.75, 3.05) is 0 Å². The maximum Gasteiger partial charge on any atom is 0.171 e. The molecule has 0 aliphatic carbocycles. The Morgan fingerprint density at radius 2 is 2.31 bits per heavy atom. The van der Waals surface area contributed by atoms with Gasteiger partial charge >= 0.3 is 0 Å². The molecule has 0 spiro atoms. The molecular weight excluding hydrogens is 222 g/mol. The van der Waals surface area contributed by atoms with E-state index in [1.54, 1.807) is 19.4 Å². The van der Waals surface area contributed by atoms with E-state index in [0.29, 0.717) is 0 Å². The van der Waals surface area contributed by atoms with Crippen molar-refractivity contribution in [3.8, 4) is 10.7 Å². The number of carbonyl (C=O) groups excluding carboxylic acids is 1. The molecule has 0 bridgehead atoms. The van der Waals surface area contributed by atoms with Crippen LogP contribution in [0.1, 0.15) is 29.2 Å². The van der Waals surface area contributed by atoms with Gasteiger partial charge in [0.25, 0.3) is 0 Å². The highest BCUT2D eigenvalue weighted by atomic mass is 32.1. The van der Waals surface area contributed by atoms with Crippen LogP contribution in [0.15, 0.2) is 12.5 Å². The lowest BCUT2D eigenvalue weighted by atomic mass is 10.3. The van der Waals surface area contributed by atoms with Gasteiger partial charge in [0.05, 0.1) is 28.8 Å². The van der Waals surface area contributed by atoms with Crippen molar-refractivity contribution in [1.29, 1.82) is 0 Å². The molecule has 84 valence electrons. The minimum Gasteiger partial charge on any atom is -0.329 e. The Morgan fingerprint density at radius 1 is 1.56 bits per heavy atom. The van der Waals surface area contributed by atoms with E-state index >= 15 is 0 Å². The van der Waals surface area contributed by atoms with Crippen molar-refractivity contribution in [1.82, 2.24) is 14.5 Å². The van der Waals surface area contributed by atoms with Crippen LogP contribution >= 0.6 is 11.3 Å². The fourth-order valence-electron chi connectivity index (χ4n) is 1.58. The van der Waals surface area contributed by atoms with Crippen molar-refractivity contribution < 1.29 is 4.79 Å². The van der Waals surface area contributed by atoms with Gasteiger partial charge in [-0.2, -0.15) is 0 Å². The van der Waals surface area contributed by atoms with Crippen molar-refractivity contribution >= 4 is 17.1 Å². The third kappa shape index (κ3) is 1.78. The second-order valence-electron chi connectivity index (χ2n) is 3.55. The molecule has 2 rings (SSSR count). The summed E-state index contributed by atoms with van der Waals surface area (Å²) in [6.45, 7) is 6.34. The van der Waals surface area contributed by atoms with Gasteiger partial charge in [0.1, 0.15) is 5.01 Å². The molecule has 0 aliphatic rings. The average Bonchev–Trinajstić information content (AvgIpc) is 2.82. The predicted molar refractivity (Wildman–Crippen MR) is 63.8 cm³/mol. The zero-order valence-electron chi connectivity index (χ0n) is 9.52. The Morgan fingerprint density at radius 3 is 2.88 bits per heavy atom. The molecule has 2 heterocycles. The molecule has 0 N–H and O–H groups in total. The SMILES string of the molecule is CCn1cncc1-c1nc(C)c(C(C)=O)s1. The summed E-state index contributed by atoms with van der Waals surface area (Å²) in [5.41, 5.74) is 1.78. The zero-order chi connectivity index (χ0) is 11.7. The van der Waals surface area contributed by atoms with Gasteiger partial charge < -0.3 is 4.57 Å². The standard InChI is InChI=1S/C11H13N3OS/c1-4-14-6-12-5-9(14)11-13-7(2)10(16-11)8(3)15/h5-6H,4H2,1-3H3. The van der Waals surface area contributed by atoms with Crippen LogP contribution in [0, 0.1) is 6.92 Å². The highest BCUT2D eigenvalue weighted by molar-refractivity contribution is 7.17. The summed E-state index contributed by atoms with van der Waals surface area (Å²) in [6.07, 6.45) is 3.56. The van der Waals surface area contributed by atoms with E-state index in [0.717, 1.165) is 27.8 Å². The van der Waals surface area contributed by atoms with Gasteiger partial charge in [-0.3, -0.25) is 4.79 Å². The molecule has 0 aliphatic heterocycles. The molecule has 0 unspecified atom stereocenters. The van der Waals surface area contributed by atoms with Crippen molar-refractivity contribution in [3.63, 3.8) is 0 Å². The molecule has 16 heavy (non-hydrogen) atoms. The van der Waals surface area contributed by atoms with E-state index in [4.69, 9.17) is 0 Å². The molecule has 0 amide bonds. The summed E-state index contributed by atoms with van der Waals surface area (Å²) < 4.78 is 2.02. The number of hydrogen-bond acceptors (Lipinski definition) is 4. The minimum absolute atomic E-state index is 0.0730. The van der Waals surface area contributed by atoms with Gasteiger partial charge in [0, 0.05) is 13.5 Å². The maximum absolute atomic E-state index is 11.4. The van der Waals surface area contributed by atoms with E-state index in [9.17, 15) is 4.79 Å². The van der Waals surface area contributed by atoms with Gasteiger partial charge in [-0.05, 0) is 13.8 Å². The highest BCUT2D eigenvalue weighted by Gasteiger charge is 2.14. The summed E-state index contributed by atoms with van der Waals surface area (Å²) in [7, 11) is 0. The smallest absolute Gasteiger partial charge is 0.171 e. The van der Waals surface area contributed by atoms with E-state index < -0.39 is 0 Å². The zero-order valence-corrected chi connectivity index (χ0v) is 10.3. The lowest BCUT2D eigenvalue weighted by molar-refractivity contribution is 0.102. The van der Waals surface area contributed by atoms with E-state index in [1.807, 2.05) is 11.5 Å². The van der Waals surface area contributed by atoms with E-state index in [-0.39, 0.29) is 5.78 Å². The van der Waals surface area contributed by atoms with E-state index in [1.165, 1.54) is 11.3 Å². The number of aryl methyl sites for hydroxylation is 2. The highest BCUT2D eigenvalue weighted by Crippen LogP contribution is 2.27. The topological polar surface area (TPSA) is 47.8 Å². The second-order valence-corrected chi connectivity index (χ2v) is 4.55. The molecule has 4 nitrogen and oxygen atoms in total. The molecular formula is C11H13N3OS. The van der Waals surface area contributed by atoms with Crippen molar-refractivity contribution in [2.45, 2.75) is 27.3 Å². The second kappa shape index (κ2) is 4.17. The largest absolute Gasteiger partial charge is 0.329 e. The van der Waals surface area contributed by atoms with Crippen LogP contribution in [0.3, 0.4) is 0 Å². The predicted octanol–water partition coefficient (Wildman–Crippen LogP) is 2.54. The Kier molecular flexibility index (Phi) is 2.87. The van der Waals surface area contributed by atoms with Crippen LogP contribution in [-0.2, 0) is 6.54 Å². The molecule has 2 aromatic heterocycles. The molecule has 0 fully saturated rings.